The maximum absolute atomic E-state index is 12.3. The molecule has 1 aromatic heterocycles. The van der Waals surface area contributed by atoms with Crippen molar-refractivity contribution in [2.24, 2.45) is 0 Å². The zero-order chi connectivity index (χ0) is 20.9. The van der Waals surface area contributed by atoms with E-state index in [9.17, 15) is 9.59 Å². The number of likely N-dealkylation sites (tertiary alicyclic amines) is 1. The van der Waals surface area contributed by atoms with Crippen molar-refractivity contribution in [3.8, 4) is 0 Å². The van der Waals surface area contributed by atoms with Gasteiger partial charge in [-0.15, -0.1) is 0 Å². The Kier molecular flexibility index (Phi) is 6.50. The summed E-state index contributed by atoms with van der Waals surface area (Å²) in [6.07, 6.45) is 2.03. The van der Waals surface area contributed by atoms with Gasteiger partial charge >= 0.3 is 0 Å². The van der Waals surface area contributed by atoms with E-state index >= 15 is 0 Å². The van der Waals surface area contributed by atoms with Crippen LogP contribution in [0.2, 0.25) is 0 Å². The Labute approximate surface area is 184 Å². The zero-order valence-corrected chi connectivity index (χ0v) is 18.2. The number of para-hydroxylation sites is 2. The van der Waals surface area contributed by atoms with E-state index < -0.39 is 0 Å². The third kappa shape index (κ3) is 5.09. The molecule has 0 unspecified atom stereocenters. The highest BCUT2D eigenvalue weighted by Crippen LogP contribution is 2.29. The summed E-state index contributed by atoms with van der Waals surface area (Å²) in [7, 11) is 0. The van der Waals surface area contributed by atoms with E-state index in [0.717, 1.165) is 30.4 Å². The molecule has 0 spiro atoms. The number of fused-ring (bicyclic) bond motifs is 1. The minimum atomic E-state index is -0.243. The second kappa shape index (κ2) is 9.45. The SMILES string of the molecule is O=C(CN1CCC(c2cc3ccccc3[nH]2)CC1)NCC(=O)Nc1ccccc1Br. The number of hydrogen-bond acceptors (Lipinski definition) is 3. The predicted octanol–water partition coefficient (Wildman–Crippen LogP) is 3.86. The molecule has 4 rings (SSSR count). The molecule has 2 aromatic carbocycles. The van der Waals surface area contributed by atoms with Gasteiger partial charge in [0.15, 0.2) is 0 Å². The fourth-order valence-corrected chi connectivity index (χ4v) is 4.30. The predicted molar refractivity (Wildman–Crippen MR) is 122 cm³/mol. The van der Waals surface area contributed by atoms with Gasteiger partial charge in [0, 0.05) is 21.6 Å². The Morgan fingerprint density at radius 1 is 1.03 bits per heavy atom. The summed E-state index contributed by atoms with van der Waals surface area (Å²) in [6, 6.07) is 18.0. The number of amides is 2. The first kappa shape index (κ1) is 20.6. The van der Waals surface area contributed by atoms with Gasteiger partial charge in [-0.3, -0.25) is 14.5 Å². The average molecular weight is 469 g/mol. The Morgan fingerprint density at radius 3 is 2.53 bits per heavy atom. The highest BCUT2D eigenvalue weighted by Gasteiger charge is 2.23. The van der Waals surface area contributed by atoms with Crippen LogP contribution in [0.15, 0.2) is 59.1 Å². The van der Waals surface area contributed by atoms with Crippen molar-refractivity contribution in [3.63, 3.8) is 0 Å². The van der Waals surface area contributed by atoms with E-state index in [1.807, 2.05) is 24.3 Å². The number of H-pyrrole nitrogens is 1. The van der Waals surface area contributed by atoms with Crippen molar-refractivity contribution in [3.05, 3.63) is 64.8 Å². The van der Waals surface area contributed by atoms with Gasteiger partial charge in [0.1, 0.15) is 0 Å². The van der Waals surface area contributed by atoms with E-state index in [4.69, 9.17) is 0 Å². The number of carbonyl (C=O) groups excluding carboxylic acids is 2. The maximum atomic E-state index is 12.3. The highest BCUT2D eigenvalue weighted by atomic mass is 79.9. The van der Waals surface area contributed by atoms with Crippen molar-refractivity contribution in [2.45, 2.75) is 18.8 Å². The van der Waals surface area contributed by atoms with Crippen molar-refractivity contribution >= 4 is 44.3 Å². The van der Waals surface area contributed by atoms with E-state index in [2.05, 4.69) is 60.7 Å². The minimum absolute atomic E-state index is 0.0360. The van der Waals surface area contributed by atoms with Crippen LogP contribution in [0.4, 0.5) is 5.69 Å². The highest BCUT2D eigenvalue weighted by molar-refractivity contribution is 9.10. The van der Waals surface area contributed by atoms with Crippen molar-refractivity contribution < 1.29 is 9.59 Å². The molecule has 1 aliphatic heterocycles. The Bertz CT molecular complexity index is 1010. The number of rotatable bonds is 6. The number of aromatic amines is 1. The van der Waals surface area contributed by atoms with Crippen LogP contribution >= 0.6 is 15.9 Å². The molecular formula is C23H25BrN4O2. The van der Waals surface area contributed by atoms with Gasteiger partial charge in [-0.1, -0.05) is 30.3 Å². The normalized spacial score (nSPS) is 15.2. The second-order valence-electron chi connectivity index (χ2n) is 7.67. The molecule has 1 fully saturated rings. The van der Waals surface area contributed by atoms with Crippen LogP contribution in [0.25, 0.3) is 10.9 Å². The lowest BCUT2D eigenvalue weighted by Crippen LogP contribution is -2.43. The Balaban J connectivity index is 1.20. The summed E-state index contributed by atoms with van der Waals surface area (Å²) >= 11 is 3.39. The van der Waals surface area contributed by atoms with Crippen molar-refractivity contribution in [1.82, 2.24) is 15.2 Å². The summed E-state index contributed by atoms with van der Waals surface area (Å²) in [5.41, 5.74) is 3.15. The average Bonchev–Trinajstić information content (AvgIpc) is 3.19. The Morgan fingerprint density at radius 2 is 1.77 bits per heavy atom. The molecule has 3 N–H and O–H groups in total. The van der Waals surface area contributed by atoms with Crippen LogP contribution in [0.5, 0.6) is 0 Å². The standard InChI is InChI=1S/C23H25BrN4O2/c24-18-6-2-4-8-20(18)27-22(29)14-25-23(30)15-28-11-9-16(10-12-28)21-13-17-5-1-3-7-19(17)26-21/h1-8,13,16,26H,9-12,14-15H2,(H,25,30)(H,27,29). The third-order valence-corrected chi connectivity index (χ3v) is 6.23. The molecule has 156 valence electrons. The van der Waals surface area contributed by atoms with Crippen LogP contribution in [0.1, 0.15) is 24.5 Å². The summed E-state index contributed by atoms with van der Waals surface area (Å²) in [4.78, 5) is 30.0. The van der Waals surface area contributed by atoms with Gasteiger partial charge in [-0.2, -0.15) is 0 Å². The molecule has 0 radical (unpaired) electrons. The summed E-state index contributed by atoms with van der Waals surface area (Å²) in [5.74, 6) is 0.126. The first-order valence-corrected chi connectivity index (χ1v) is 11.0. The monoisotopic (exact) mass is 468 g/mol. The second-order valence-corrected chi connectivity index (χ2v) is 8.52. The maximum Gasteiger partial charge on any atom is 0.243 e. The fraction of sp³-hybridized carbons (Fsp3) is 0.304. The van der Waals surface area contributed by atoms with E-state index in [0.29, 0.717) is 18.2 Å². The number of halogens is 1. The van der Waals surface area contributed by atoms with E-state index in [1.54, 1.807) is 6.07 Å². The van der Waals surface area contributed by atoms with Crippen LogP contribution < -0.4 is 10.6 Å². The molecular weight excluding hydrogens is 444 g/mol. The van der Waals surface area contributed by atoms with Crippen LogP contribution in [-0.4, -0.2) is 47.9 Å². The van der Waals surface area contributed by atoms with Crippen LogP contribution in [0.3, 0.4) is 0 Å². The van der Waals surface area contributed by atoms with Crippen molar-refractivity contribution in [2.75, 3.05) is 31.5 Å². The quantitative estimate of drug-likeness (QED) is 0.513. The fourth-order valence-electron chi connectivity index (χ4n) is 3.91. The largest absolute Gasteiger partial charge is 0.358 e. The van der Waals surface area contributed by atoms with Gasteiger partial charge < -0.3 is 15.6 Å². The third-order valence-electron chi connectivity index (χ3n) is 5.54. The van der Waals surface area contributed by atoms with Crippen LogP contribution in [0, 0.1) is 0 Å². The molecule has 30 heavy (non-hydrogen) atoms. The van der Waals surface area contributed by atoms with Gasteiger partial charge in [0.2, 0.25) is 11.8 Å². The first-order valence-electron chi connectivity index (χ1n) is 10.2. The first-order chi connectivity index (χ1) is 14.6. The van der Waals surface area contributed by atoms with Gasteiger partial charge in [-0.05, 0) is 71.5 Å². The smallest absolute Gasteiger partial charge is 0.243 e. The molecule has 6 nitrogen and oxygen atoms in total. The molecule has 2 heterocycles. The lowest BCUT2D eigenvalue weighted by Gasteiger charge is -2.31. The van der Waals surface area contributed by atoms with Gasteiger partial charge in [0.05, 0.1) is 18.8 Å². The molecule has 7 heteroatoms. The zero-order valence-electron chi connectivity index (χ0n) is 16.7. The minimum Gasteiger partial charge on any atom is -0.358 e. The number of aromatic nitrogens is 1. The number of hydrogen-bond donors (Lipinski definition) is 3. The topological polar surface area (TPSA) is 77.2 Å². The van der Waals surface area contributed by atoms with E-state index in [-0.39, 0.29) is 18.4 Å². The lowest BCUT2D eigenvalue weighted by molar-refractivity contribution is -0.125. The molecule has 2 amide bonds. The number of benzene rings is 2. The number of nitrogens with zero attached hydrogens (tertiary/aromatic N) is 1. The van der Waals surface area contributed by atoms with Gasteiger partial charge in [-0.25, -0.2) is 0 Å². The lowest BCUT2D eigenvalue weighted by atomic mass is 9.93. The molecule has 0 aliphatic carbocycles. The molecule has 0 bridgehead atoms. The Hall–Kier alpha value is -2.64. The number of anilines is 1. The van der Waals surface area contributed by atoms with Gasteiger partial charge in [0.25, 0.3) is 0 Å². The van der Waals surface area contributed by atoms with Crippen LogP contribution in [-0.2, 0) is 9.59 Å². The number of nitrogens with one attached hydrogen (secondary N) is 3. The van der Waals surface area contributed by atoms with Crippen molar-refractivity contribution in [1.29, 1.82) is 0 Å². The summed E-state index contributed by atoms with van der Waals surface area (Å²) in [5, 5.41) is 6.75. The molecule has 0 saturated carbocycles. The molecule has 0 atom stereocenters. The van der Waals surface area contributed by atoms with E-state index in [1.165, 1.54) is 16.6 Å². The molecule has 3 aromatic rings. The number of carbonyl (C=O) groups is 2. The molecule has 1 aliphatic rings. The summed E-state index contributed by atoms with van der Waals surface area (Å²) in [6.45, 7) is 2.03. The number of piperidine rings is 1. The summed E-state index contributed by atoms with van der Waals surface area (Å²) < 4.78 is 0.808. The molecule has 1 saturated heterocycles.